The average molecular weight is 438 g/mol. The first-order chi connectivity index (χ1) is 11.7. The molecule has 0 bridgehead atoms. The Morgan fingerprint density at radius 2 is 0.875 bits per heavy atom. The molecule has 0 saturated heterocycles. The van der Waals surface area contributed by atoms with Crippen LogP contribution in [0.4, 0.5) is 0 Å². The van der Waals surface area contributed by atoms with Crippen molar-refractivity contribution in [1.29, 1.82) is 0 Å². The summed E-state index contributed by atoms with van der Waals surface area (Å²) >= 11 is 7.11. The Balaban J connectivity index is 1.83. The number of hydrogen-bond donors (Lipinski definition) is 0. The first-order valence-corrected chi connectivity index (χ1v) is 9.33. The van der Waals surface area contributed by atoms with Crippen molar-refractivity contribution < 1.29 is 0 Å². The molecule has 0 spiro atoms. The summed E-state index contributed by atoms with van der Waals surface area (Å²) in [6, 6.07) is 30.1. The van der Waals surface area contributed by atoms with Crippen LogP contribution >= 0.6 is 31.9 Å². The highest BCUT2D eigenvalue weighted by Gasteiger charge is 2.04. The third-order valence-corrected chi connectivity index (χ3v) is 5.14. The predicted molar refractivity (Wildman–Crippen MR) is 110 cm³/mol. The number of hydrogen-bond acceptors (Lipinski definition) is 0. The molecule has 24 heavy (non-hydrogen) atoms. The minimum absolute atomic E-state index is 1.10. The second-order valence-corrected chi connectivity index (χ2v) is 7.63. The van der Waals surface area contributed by atoms with E-state index in [2.05, 4.69) is 117 Å². The van der Waals surface area contributed by atoms with Crippen molar-refractivity contribution in [3.63, 3.8) is 0 Å². The summed E-state index contributed by atoms with van der Waals surface area (Å²) in [5.74, 6) is 0. The number of fused-ring (bicyclic) bond motifs is 1. The highest BCUT2D eigenvalue weighted by atomic mass is 79.9. The topological polar surface area (TPSA) is 0 Å². The van der Waals surface area contributed by atoms with Crippen LogP contribution in [0.5, 0.6) is 0 Å². The lowest BCUT2D eigenvalue weighted by atomic mass is 9.98. The molecule has 116 valence electrons. The molecule has 0 radical (unpaired) electrons. The minimum Gasteiger partial charge on any atom is -0.0605 e. The molecule has 0 aliphatic heterocycles. The van der Waals surface area contributed by atoms with Gasteiger partial charge in [-0.3, -0.25) is 0 Å². The van der Waals surface area contributed by atoms with Crippen molar-refractivity contribution in [2.24, 2.45) is 0 Å². The maximum atomic E-state index is 3.55. The van der Waals surface area contributed by atoms with E-state index in [1.165, 1.54) is 33.0 Å². The molecule has 4 rings (SSSR count). The molecule has 0 aliphatic carbocycles. The van der Waals surface area contributed by atoms with Crippen LogP contribution in [-0.2, 0) is 0 Å². The maximum Gasteiger partial charge on any atom is 0.0181 e. The fourth-order valence-corrected chi connectivity index (χ4v) is 3.74. The largest absolute Gasteiger partial charge is 0.0605 e. The lowest BCUT2D eigenvalue weighted by molar-refractivity contribution is 1.59. The van der Waals surface area contributed by atoms with Gasteiger partial charge in [0.25, 0.3) is 0 Å². The predicted octanol–water partition coefficient (Wildman–Crippen LogP) is 7.70. The zero-order valence-electron chi connectivity index (χ0n) is 12.8. The van der Waals surface area contributed by atoms with Crippen LogP contribution in [-0.4, -0.2) is 0 Å². The molecule has 0 heterocycles. The molecule has 0 aromatic heterocycles. The number of halogens is 2. The molecule has 4 aromatic carbocycles. The van der Waals surface area contributed by atoms with E-state index in [1.54, 1.807) is 0 Å². The van der Waals surface area contributed by atoms with Gasteiger partial charge in [-0.2, -0.15) is 0 Å². The van der Waals surface area contributed by atoms with E-state index in [4.69, 9.17) is 0 Å². The quantitative estimate of drug-likeness (QED) is 0.301. The lowest BCUT2D eigenvalue weighted by Crippen LogP contribution is -1.82. The van der Waals surface area contributed by atoms with Gasteiger partial charge < -0.3 is 0 Å². The van der Waals surface area contributed by atoms with Gasteiger partial charge in [-0.25, -0.2) is 0 Å². The van der Waals surface area contributed by atoms with E-state index in [1.807, 2.05) is 0 Å². The van der Waals surface area contributed by atoms with Crippen molar-refractivity contribution in [2.75, 3.05) is 0 Å². The van der Waals surface area contributed by atoms with Crippen molar-refractivity contribution in [3.8, 4) is 22.3 Å². The van der Waals surface area contributed by atoms with Crippen molar-refractivity contribution in [1.82, 2.24) is 0 Å². The van der Waals surface area contributed by atoms with Crippen LogP contribution in [0.1, 0.15) is 0 Å². The number of rotatable bonds is 2. The summed E-state index contributed by atoms with van der Waals surface area (Å²) in [4.78, 5) is 0. The van der Waals surface area contributed by atoms with Gasteiger partial charge in [0.1, 0.15) is 0 Å². The normalized spacial score (nSPS) is 10.9. The molecule has 0 nitrogen and oxygen atoms in total. The Bertz CT molecular complexity index is 954. The molecule has 4 aromatic rings. The summed E-state index contributed by atoms with van der Waals surface area (Å²) in [7, 11) is 0. The van der Waals surface area contributed by atoms with E-state index in [9.17, 15) is 0 Å². The van der Waals surface area contributed by atoms with E-state index in [0.717, 1.165) is 8.95 Å². The van der Waals surface area contributed by atoms with E-state index < -0.39 is 0 Å². The number of benzene rings is 4. The van der Waals surface area contributed by atoms with Gasteiger partial charge in [0, 0.05) is 8.95 Å². The molecule has 0 aliphatic rings. The minimum atomic E-state index is 1.10. The third kappa shape index (κ3) is 3.17. The molecule has 0 N–H and O–H groups in total. The third-order valence-electron chi connectivity index (χ3n) is 4.16. The monoisotopic (exact) mass is 436 g/mol. The Morgan fingerprint density at radius 1 is 0.417 bits per heavy atom. The summed E-state index contributed by atoms with van der Waals surface area (Å²) in [5, 5.41) is 2.51. The van der Waals surface area contributed by atoms with Gasteiger partial charge in [0.15, 0.2) is 0 Å². The average Bonchev–Trinajstić information content (AvgIpc) is 2.61. The van der Waals surface area contributed by atoms with Crippen molar-refractivity contribution in [3.05, 3.63) is 93.9 Å². The molecule has 0 atom stereocenters. The highest BCUT2D eigenvalue weighted by molar-refractivity contribution is 9.10. The first-order valence-electron chi connectivity index (χ1n) is 7.75. The summed E-state index contributed by atoms with van der Waals surface area (Å²) in [6.07, 6.45) is 0. The van der Waals surface area contributed by atoms with E-state index in [-0.39, 0.29) is 0 Å². The van der Waals surface area contributed by atoms with Gasteiger partial charge in [0.05, 0.1) is 0 Å². The maximum absolute atomic E-state index is 3.55. The van der Waals surface area contributed by atoms with Gasteiger partial charge in [-0.1, -0.05) is 80.4 Å². The van der Waals surface area contributed by atoms with Gasteiger partial charge >= 0.3 is 0 Å². The van der Waals surface area contributed by atoms with E-state index in [0.29, 0.717) is 0 Å². The SMILES string of the molecule is Brc1cccc(-c2ccc3ccc(-c4cccc(Br)c4)cc3c2)c1. The molecular formula is C22H14Br2. The van der Waals surface area contributed by atoms with Crippen molar-refractivity contribution >= 4 is 42.6 Å². The van der Waals surface area contributed by atoms with Crippen molar-refractivity contribution in [2.45, 2.75) is 0 Å². The van der Waals surface area contributed by atoms with Crippen LogP contribution in [0.2, 0.25) is 0 Å². The Kier molecular flexibility index (Phi) is 4.26. The summed E-state index contributed by atoms with van der Waals surface area (Å²) in [5.41, 5.74) is 4.91. The Hall–Kier alpha value is -1.90. The van der Waals surface area contributed by atoms with Crippen LogP contribution in [0, 0.1) is 0 Å². The fourth-order valence-electron chi connectivity index (χ4n) is 2.94. The molecule has 2 heteroatoms. The van der Waals surface area contributed by atoms with Crippen LogP contribution in [0.25, 0.3) is 33.0 Å². The van der Waals surface area contributed by atoms with Crippen LogP contribution in [0.3, 0.4) is 0 Å². The standard InChI is InChI=1S/C22H14Br2/c23-21-5-1-3-16(13-21)18-9-7-15-8-10-19(12-20(15)11-18)17-4-2-6-22(24)14-17/h1-14H. The Labute approximate surface area is 158 Å². The molecule has 0 amide bonds. The van der Waals surface area contributed by atoms with E-state index >= 15 is 0 Å². The zero-order chi connectivity index (χ0) is 16.5. The summed E-state index contributed by atoms with van der Waals surface area (Å²) in [6.45, 7) is 0. The smallest absolute Gasteiger partial charge is 0.0181 e. The summed E-state index contributed by atoms with van der Waals surface area (Å²) < 4.78 is 2.20. The van der Waals surface area contributed by atoms with Gasteiger partial charge in [-0.15, -0.1) is 0 Å². The first kappa shape index (κ1) is 15.6. The second kappa shape index (κ2) is 6.54. The molecule has 0 unspecified atom stereocenters. The second-order valence-electron chi connectivity index (χ2n) is 5.80. The molecule has 0 fully saturated rings. The molecule has 0 saturated carbocycles. The Morgan fingerprint density at radius 3 is 1.33 bits per heavy atom. The lowest BCUT2D eigenvalue weighted by Gasteiger charge is -2.08. The zero-order valence-corrected chi connectivity index (χ0v) is 16.0. The highest BCUT2D eigenvalue weighted by Crippen LogP contribution is 2.30. The van der Waals surface area contributed by atoms with Crippen LogP contribution in [0.15, 0.2) is 93.9 Å². The van der Waals surface area contributed by atoms with Crippen LogP contribution < -0.4 is 0 Å². The van der Waals surface area contributed by atoms with Gasteiger partial charge in [0.2, 0.25) is 0 Å². The fraction of sp³-hybridized carbons (Fsp3) is 0. The molecular weight excluding hydrogens is 424 g/mol. The van der Waals surface area contributed by atoms with Gasteiger partial charge in [-0.05, 0) is 69.4 Å².